The van der Waals surface area contributed by atoms with Gasteiger partial charge in [0.25, 0.3) is 0 Å². The van der Waals surface area contributed by atoms with E-state index in [1.54, 1.807) is 0 Å². The Kier molecular flexibility index (Phi) is 9.71. The molecule has 0 spiro atoms. The van der Waals surface area contributed by atoms with Crippen molar-refractivity contribution in [2.24, 2.45) is 10.4 Å². The molecule has 0 aromatic carbocycles. The summed E-state index contributed by atoms with van der Waals surface area (Å²) in [5.74, 6) is 0.873. The van der Waals surface area contributed by atoms with E-state index >= 15 is 0 Å². The number of aliphatic imine (C=N–C) groups is 1. The molecule has 1 saturated heterocycles. The molecule has 1 amide bonds. The number of carbonyl (C=O) groups is 1. The van der Waals surface area contributed by atoms with Gasteiger partial charge in [-0.25, -0.2) is 0 Å². The van der Waals surface area contributed by atoms with Crippen molar-refractivity contribution in [1.82, 2.24) is 15.5 Å². The molecule has 0 aromatic heterocycles. The maximum absolute atomic E-state index is 12.0. The fourth-order valence-corrected chi connectivity index (χ4v) is 2.90. The topological polar surface area (TPSA) is 86.2 Å². The number of nitrogens with zero attached hydrogens (tertiary/aromatic N) is 2. The fraction of sp³-hybridized carbons (Fsp3) is 0.882. The maximum atomic E-state index is 12.0. The van der Waals surface area contributed by atoms with Crippen LogP contribution in [0.25, 0.3) is 0 Å². The first-order chi connectivity index (χ1) is 11.6. The molecule has 0 aromatic rings. The highest BCUT2D eigenvalue weighted by Gasteiger charge is 2.34. The summed E-state index contributed by atoms with van der Waals surface area (Å²) in [6, 6.07) is 0. The van der Waals surface area contributed by atoms with Gasteiger partial charge >= 0.3 is 0 Å². The molecule has 1 unspecified atom stereocenters. The third-order valence-electron chi connectivity index (χ3n) is 4.49. The van der Waals surface area contributed by atoms with Gasteiger partial charge in [0.1, 0.15) is 0 Å². The van der Waals surface area contributed by atoms with Crippen LogP contribution in [-0.4, -0.2) is 74.4 Å². The number of amides is 1. The molecule has 1 atom stereocenters. The van der Waals surface area contributed by atoms with Gasteiger partial charge in [-0.05, 0) is 33.6 Å². The second-order valence-electron chi connectivity index (χ2n) is 6.21. The van der Waals surface area contributed by atoms with Crippen molar-refractivity contribution < 1.29 is 14.6 Å². The summed E-state index contributed by atoms with van der Waals surface area (Å²) in [6.45, 7) is 11.0. The molecule has 1 aliphatic rings. The molecular formula is C17H34N4O3. The van der Waals surface area contributed by atoms with E-state index in [1.807, 2.05) is 25.7 Å². The van der Waals surface area contributed by atoms with Crippen LogP contribution in [0.1, 0.15) is 40.0 Å². The van der Waals surface area contributed by atoms with Crippen LogP contribution in [-0.2, 0) is 9.53 Å². The third kappa shape index (κ3) is 6.65. The van der Waals surface area contributed by atoms with Crippen molar-refractivity contribution in [1.29, 1.82) is 0 Å². The monoisotopic (exact) mass is 342 g/mol. The summed E-state index contributed by atoms with van der Waals surface area (Å²) in [4.78, 5) is 18.5. The van der Waals surface area contributed by atoms with E-state index in [1.165, 1.54) is 0 Å². The Hall–Kier alpha value is -1.34. The fourth-order valence-electron chi connectivity index (χ4n) is 2.90. The van der Waals surface area contributed by atoms with Gasteiger partial charge in [-0.15, -0.1) is 0 Å². The Morgan fingerprint density at radius 3 is 2.58 bits per heavy atom. The lowest BCUT2D eigenvalue weighted by atomic mass is 9.84. The number of hydrogen-bond acceptors (Lipinski definition) is 4. The van der Waals surface area contributed by atoms with Crippen molar-refractivity contribution in [2.75, 3.05) is 52.5 Å². The SMILES string of the molecule is CCNC(=NCC1(CCO)CCOC1)NCCC(=O)N(CC)CC. The first-order valence-corrected chi connectivity index (χ1v) is 9.09. The zero-order valence-electron chi connectivity index (χ0n) is 15.4. The number of rotatable bonds is 10. The van der Waals surface area contributed by atoms with Crippen LogP contribution >= 0.6 is 0 Å². The van der Waals surface area contributed by atoms with Gasteiger partial charge in [0.05, 0.1) is 13.2 Å². The lowest BCUT2D eigenvalue weighted by molar-refractivity contribution is -0.130. The highest BCUT2D eigenvalue weighted by atomic mass is 16.5. The predicted molar refractivity (Wildman–Crippen MR) is 96.1 cm³/mol. The molecule has 0 saturated carbocycles. The third-order valence-corrected chi connectivity index (χ3v) is 4.49. The van der Waals surface area contributed by atoms with Crippen molar-refractivity contribution in [3.63, 3.8) is 0 Å². The standard InChI is InChI=1S/C17H34N4O3/c1-4-18-16(19-10-7-15(23)21(5-2)6-3)20-13-17(8-11-22)9-12-24-14-17/h22H,4-14H2,1-3H3,(H2,18,19,20). The Morgan fingerprint density at radius 2 is 2.04 bits per heavy atom. The average Bonchev–Trinajstić information content (AvgIpc) is 3.03. The first-order valence-electron chi connectivity index (χ1n) is 9.09. The molecule has 3 N–H and O–H groups in total. The largest absolute Gasteiger partial charge is 0.396 e. The average molecular weight is 342 g/mol. The summed E-state index contributed by atoms with van der Waals surface area (Å²) in [6.07, 6.45) is 2.09. The number of nitrogens with one attached hydrogen (secondary N) is 2. The molecule has 7 nitrogen and oxygen atoms in total. The van der Waals surface area contributed by atoms with Crippen LogP contribution in [0.4, 0.5) is 0 Å². The minimum absolute atomic E-state index is 0.0614. The minimum atomic E-state index is -0.0614. The van der Waals surface area contributed by atoms with Gasteiger partial charge in [-0.3, -0.25) is 9.79 Å². The zero-order valence-corrected chi connectivity index (χ0v) is 15.4. The van der Waals surface area contributed by atoms with E-state index in [9.17, 15) is 9.90 Å². The number of guanidine groups is 1. The van der Waals surface area contributed by atoms with E-state index in [0.717, 1.165) is 32.7 Å². The van der Waals surface area contributed by atoms with Crippen molar-refractivity contribution >= 4 is 11.9 Å². The second kappa shape index (κ2) is 11.3. The van der Waals surface area contributed by atoms with Crippen molar-refractivity contribution in [2.45, 2.75) is 40.0 Å². The van der Waals surface area contributed by atoms with Crippen LogP contribution in [0.5, 0.6) is 0 Å². The van der Waals surface area contributed by atoms with Crippen LogP contribution in [0.15, 0.2) is 4.99 Å². The highest BCUT2D eigenvalue weighted by Crippen LogP contribution is 2.32. The van der Waals surface area contributed by atoms with E-state index in [2.05, 4.69) is 15.6 Å². The van der Waals surface area contributed by atoms with Crippen LogP contribution < -0.4 is 10.6 Å². The Labute approximate surface area is 145 Å². The van der Waals surface area contributed by atoms with Gasteiger partial charge in [-0.1, -0.05) is 0 Å². The smallest absolute Gasteiger partial charge is 0.224 e. The van der Waals surface area contributed by atoms with Crippen LogP contribution in [0.2, 0.25) is 0 Å². The number of aliphatic hydroxyl groups is 1. The quantitative estimate of drug-likeness (QED) is 0.400. The van der Waals surface area contributed by atoms with Crippen LogP contribution in [0.3, 0.4) is 0 Å². The first kappa shape index (κ1) is 20.7. The molecule has 7 heteroatoms. The second-order valence-corrected chi connectivity index (χ2v) is 6.21. The van der Waals surface area contributed by atoms with Gasteiger partial charge < -0.3 is 25.4 Å². The number of carbonyl (C=O) groups excluding carboxylic acids is 1. The van der Waals surface area contributed by atoms with Crippen LogP contribution in [0, 0.1) is 5.41 Å². The van der Waals surface area contributed by atoms with Gasteiger partial charge in [0.15, 0.2) is 5.96 Å². The summed E-state index contributed by atoms with van der Waals surface area (Å²) in [5.41, 5.74) is -0.0614. The molecule has 1 aliphatic heterocycles. The molecule has 0 radical (unpaired) electrons. The number of aliphatic hydroxyl groups excluding tert-OH is 1. The summed E-state index contributed by atoms with van der Waals surface area (Å²) >= 11 is 0. The molecular weight excluding hydrogens is 308 g/mol. The zero-order chi connectivity index (χ0) is 17.8. The van der Waals surface area contributed by atoms with Crippen molar-refractivity contribution in [3.05, 3.63) is 0 Å². The Bertz CT molecular complexity index is 391. The van der Waals surface area contributed by atoms with Gasteiger partial charge in [-0.2, -0.15) is 0 Å². The number of hydrogen-bond donors (Lipinski definition) is 3. The van der Waals surface area contributed by atoms with Gasteiger partial charge in [0, 0.05) is 51.2 Å². The lowest BCUT2D eigenvalue weighted by Gasteiger charge is -2.25. The molecule has 140 valence electrons. The molecule has 24 heavy (non-hydrogen) atoms. The summed E-state index contributed by atoms with van der Waals surface area (Å²) in [5, 5.41) is 15.7. The number of ether oxygens (including phenoxy) is 1. The molecule has 1 fully saturated rings. The maximum Gasteiger partial charge on any atom is 0.224 e. The van der Waals surface area contributed by atoms with E-state index in [4.69, 9.17) is 4.74 Å². The lowest BCUT2D eigenvalue weighted by Crippen LogP contribution is -2.41. The Morgan fingerprint density at radius 1 is 1.29 bits per heavy atom. The van der Waals surface area contributed by atoms with Gasteiger partial charge in [0.2, 0.25) is 5.91 Å². The highest BCUT2D eigenvalue weighted by molar-refractivity contribution is 5.81. The Balaban J connectivity index is 2.51. The van der Waals surface area contributed by atoms with E-state index in [-0.39, 0.29) is 17.9 Å². The summed E-state index contributed by atoms with van der Waals surface area (Å²) in [7, 11) is 0. The summed E-state index contributed by atoms with van der Waals surface area (Å²) < 4.78 is 5.50. The molecule has 1 heterocycles. The van der Waals surface area contributed by atoms with E-state index in [0.29, 0.717) is 38.5 Å². The molecule has 0 bridgehead atoms. The normalized spacial score (nSPS) is 20.9. The predicted octanol–water partition coefficient (Wildman–Crippen LogP) is 0.589. The molecule has 0 aliphatic carbocycles. The van der Waals surface area contributed by atoms with Crippen molar-refractivity contribution in [3.8, 4) is 0 Å². The van der Waals surface area contributed by atoms with E-state index < -0.39 is 0 Å². The minimum Gasteiger partial charge on any atom is -0.396 e. The molecule has 1 rings (SSSR count).